The molecule has 92 valence electrons. The van der Waals surface area contributed by atoms with E-state index in [-0.39, 0.29) is 11.7 Å². The predicted molar refractivity (Wildman–Crippen MR) is 63.8 cm³/mol. The third-order valence-corrected chi connectivity index (χ3v) is 3.52. The Morgan fingerprint density at radius 2 is 2.29 bits per heavy atom. The third kappa shape index (κ3) is 3.85. The van der Waals surface area contributed by atoms with Crippen molar-refractivity contribution in [2.75, 3.05) is 5.75 Å². The zero-order valence-corrected chi connectivity index (χ0v) is 10.1. The molecule has 1 heterocycles. The number of aromatic nitrogens is 3. The quantitative estimate of drug-likeness (QED) is 0.755. The van der Waals surface area contributed by atoms with E-state index in [1.54, 1.807) is 0 Å². The molecule has 0 aromatic carbocycles. The molecule has 1 aromatic rings. The molecule has 0 aliphatic heterocycles. The second-order valence-electron chi connectivity index (χ2n) is 3.96. The van der Waals surface area contributed by atoms with Crippen molar-refractivity contribution in [1.29, 1.82) is 0 Å². The van der Waals surface area contributed by atoms with Gasteiger partial charge in [0.15, 0.2) is 0 Å². The highest BCUT2D eigenvalue weighted by atomic mass is 32.2. The topological polar surface area (TPSA) is 87.7 Å². The summed E-state index contributed by atoms with van der Waals surface area (Å²) in [6.07, 6.45) is 5.96. The number of carbonyl (C=O) groups is 1. The van der Waals surface area contributed by atoms with Gasteiger partial charge in [0.05, 0.1) is 11.9 Å². The molecule has 0 bridgehead atoms. The number of hydrogen-bond acceptors (Lipinski definition) is 5. The van der Waals surface area contributed by atoms with Crippen LogP contribution in [-0.4, -0.2) is 32.9 Å². The Morgan fingerprint density at radius 1 is 1.53 bits per heavy atom. The fraction of sp³-hybridized carbons (Fsp3) is 0.600. The average Bonchev–Trinajstić information content (AvgIpc) is 2.79. The fourth-order valence-corrected chi connectivity index (χ4v) is 2.48. The number of nitrogens with zero attached hydrogens (tertiary/aromatic N) is 2. The maximum atomic E-state index is 11.6. The molecule has 1 aliphatic rings. The molecule has 7 heteroatoms. The number of nitrogens with one attached hydrogen (secondary N) is 2. The van der Waals surface area contributed by atoms with Crippen LogP contribution in [0.5, 0.6) is 0 Å². The van der Waals surface area contributed by atoms with Gasteiger partial charge in [0.2, 0.25) is 5.91 Å². The maximum Gasteiger partial charge on any atom is 0.362 e. The van der Waals surface area contributed by atoms with Crippen LogP contribution in [0.2, 0.25) is 0 Å². The van der Waals surface area contributed by atoms with Crippen LogP contribution >= 0.6 is 11.8 Å². The van der Waals surface area contributed by atoms with Crippen LogP contribution in [0.15, 0.2) is 16.0 Å². The minimum Gasteiger partial charge on any atom is -0.353 e. The van der Waals surface area contributed by atoms with Gasteiger partial charge in [0.1, 0.15) is 5.03 Å². The van der Waals surface area contributed by atoms with Crippen molar-refractivity contribution >= 4 is 17.7 Å². The minimum absolute atomic E-state index is 0.0102. The number of amides is 1. The van der Waals surface area contributed by atoms with E-state index >= 15 is 0 Å². The molecule has 0 atom stereocenters. The highest BCUT2D eigenvalue weighted by Gasteiger charge is 2.17. The molecule has 0 unspecified atom stereocenters. The molecule has 0 radical (unpaired) electrons. The van der Waals surface area contributed by atoms with E-state index in [0.29, 0.717) is 11.1 Å². The molecular formula is C10H14N4O2S. The molecule has 1 fully saturated rings. The average molecular weight is 254 g/mol. The number of hydrogen-bond donors (Lipinski definition) is 2. The third-order valence-electron chi connectivity index (χ3n) is 2.62. The molecule has 2 N–H and O–H groups in total. The SMILES string of the molecule is O=C(CSc1cn[nH]c(=O)n1)NC1CCCC1. The lowest BCUT2D eigenvalue weighted by Crippen LogP contribution is -2.33. The lowest BCUT2D eigenvalue weighted by atomic mass is 10.2. The van der Waals surface area contributed by atoms with Gasteiger partial charge >= 0.3 is 5.69 Å². The molecule has 17 heavy (non-hydrogen) atoms. The zero-order chi connectivity index (χ0) is 12.1. The van der Waals surface area contributed by atoms with Gasteiger partial charge in [-0.25, -0.2) is 9.89 Å². The van der Waals surface area contributed by atoms with Crippen molar-refractivity contribution in [3.63, 3.8) is 0 Å². The predicted octanol–water partition coefficient (Wildman–Crippen LogP) is 0.316. The summed E-state index contributed by atoms with van der Waals surface area (Å²) in [4.78, 5) is 26.1. The van der Waals surface area contributed by atoms with Gasteiger partial charge < -0.3 is 5.32 Å². The standard InChI is InChI=1S/C10H14N4O2S/c15-8(12-7-3-1-2-4-7)6-17-9-5-11-14-10(16)13-9/h5,7H,1-4,6H2,(H,12,15)(H,13,14,16). The summed E-state index contributed by atoms with van der Waals surface area (Å²) in [5.41, 5.74) is -0.494. The van der Waals surface area contributed by atoms with Crippen LogP contribution in [0.25, 0.3) is 0 Å². The monoisotopic (exact) mass is 254 g/mol. The molecule has 1 aromatic heterocycles. The van der Waals surface area contributed by atoms with Crippen LogP contribution < -0.4 is 11.0 Å². The Morgan fingerprint density at radius 3 is 3.00 bits per heavy atom. The van der Waals surface area contributed by atoms with E-state index in [4.69, 9.17) is 0 Å². The fourth-order valence-electron chi connectivity index (χ4n) is 1.85. The number of rotatable bonds is 4. The van der Waals surface area contributed by atoms with Crippen LogP contribution in [0, 0.1) is 0 Å². The maximum absolute atomic E-state index is 11.6. The minimum atomic E-state index is -0.494. The van der Waals surface area contributed by atoms with Gasteiger partial charge in [-0.3, -0.25) is 4.79 Å². The van der Waals surface area contributed by atoms with E-state index in [0.717, 1.165) is 12.8 Å². The number of thioether (sulfide) groups is 1. The lowest BCUT2D eigenvalue weighted by molar-refractivity contribution is -0.119. The van der Waals surface area contributed by atoms with Crippen LogP contribution in [0.3, 0.4) is 0 Å². The molecule has 2 rings (SSSR count). The largest absolute Gasteiger partial charge is 0.362 e. The summed E-state index contributed by atoms with van der Waals surface area (Å²) in [7, 11) is 0. The summed E-state index contributed by atoms with van der Waals surface area (Å²) < 4.78 is 0. The van der Waals surface area contributed by atoms with Crippen LogP contribution in [0.1, 0.15) is 25.7 Å². The van der Waals surface area contributed by atoms with Gasteiger partial charge in [-0.15, -0.1) is 0 Å². The summed E-state index contributed by atoms with van der Waals surface area (Å²) in [6.45, 7) is 0. The molecule has 0 saturated heterocycles. The number of aromatic amines is 1. The summed E-state index contributed by atoms with van der Waals surface area (Å²) in [6, 6.07) is 0.327. The van der Waals surface area contributed by atoms with Gasteiger partial charge in [0, 0.05) is 6.04 Å². The first kappa shape index (κ1) is 12.1. The molecule has 0 spiro atoms. The Labute approximate surface area is 103 Å². The Bertz CT molecular complexity index is 442. The van der Waals surface area contributed by atoms with E-state index in [1.165, 1.54) is 30.8 Å². The van der Waals surface area contributed by atoms with Gasteiger partial charge in [-0.2, -0.15) is 10.1 Å². The van der Waals surface area contributed by atoms with Gasteiger partial charge in [-0.05, 0) is 12.8 Å². The Hall–Kier alpha value is -1.37. The van der Waals surface area contributed by atoms with E-state index < -0.39 is 5.69 Å². The van der Waals surface area contributed by atoms with Crippen molar-refractivity contribution in [2.24, 2.45) is 0 Å². The smallest absolute Gasteiger partial charge is 0.353 e. The second-order valence-corrected chi connectivity index (χ2v) is 4.96. The Kier molecular flexibility index (Phi) is 4.13. The van der Waals surface area contributed by atoms with E-state index in [9.17, 15) is 9.59 Å². The number of carbonyl (C=O) groups excluding carboxylic acids is 1. The molecular weight excluding hydrogens is 240 g/mol. The van der Waals surface area contributed by atoms with Crippen LogP contribution in [0.4, 0.5) is 0 Å². The van der Waals surface area contributed by atoms with Crippen molar-refractivity contribution < 1.29 is 4.79 Å². The first-order chi connectivity index (χ1) is 8.24. The lowest BCUT2D eigenvalue weighted by Gasteiger charge is -2.10. The number of H-pyrrole nitrogens is 1. The van der Waals surface area contributed by atoms with Gasteiger partial charge in [-0.1, -0.05) is 24.6 Å². The van der Waals surface area contributed by atoms with Gasteiger partial charge in [0.25, 0.3) is 0 Å². The summed E-state index contributed by atoms with van der Waals surface area (Å²) in [5, 5.41) is 9.24. The zero-order valence-electron chi connectivity index (χ0n) is 9.31. The van der Waals surface area contributed by atoms with Crippen molar-refractivity contribution in [3.8, 4) is 0 Å². The molecule has 1 aliphatic carbocycles. The van der Waals surface area contributed by atoms with Crippen molar-refractivity contribution in [3.05, 3.63) is 16.7 Å². The first-order valence-electron chi connectivity index (χ1n) is 5.58. The summed E-state index contributed by atoms with van der Waals surface area (Å²) in [5.74, 6) is 0.262. The molecule has 1 saturated carbocycles. The second kappa shape index (κ2) is 5.81. The van der Waals surface area contributed by atoms with Crippen LogP contribution in [-0.2, 0) is 4.79 Å². The normalized spacial score (nSPS) is 16.0. The molecule has 1 amide bonds. The first-order valence-corrected chi connectivity index (χ1v) is 6.56. The summed E-state index contributed by atoms with van der Waals surface area (Å²) >= 11 is 1.22. The van der Waals surface area contributed by atoms with Crippen molar-refractivity contribution in [1.82, 2.24) is 20.5 Å². The van der Waals surface area contributed by atoms with E-state index in [1.807, 2.05) is 0 Å². The van der Waals surface area contributed by atoms with Crippen molar-refractivity contribution in [2.45, 2.75) is 36.8 Å². The molecule has 6 nitrogen and oxygen atoms in total. The highest BCUT2D eigenvalue weighted by Crippen LogP contribution is 2.18. The Balaban J connectivity index is 1.77. The van der Waals surface area contributed by atoms with E-state index in [2.05, 4.69) is 20.5 Å². The highest BCUT2D eigenvalue weighted by molar-refractivity contribution is 7.99.